The van der Waals surface area contributed by atoms with Crippen LogP contribution in [0.4, 0.5) is 0 Å². The van der Waals surface area contributed by atoms with Crippen LogP contribution in [-0.2, 0) is 4.74 Å². The lowest BCUT2D eigenvalue weighted by atomic mass is 10.1. The largest absolute Gasteiger partial charge is 0.367 e. The van der Waals surface area contributed by atoms with Crippen molar-refractivity contribution >= 4 is 11.6 Å². The normalized spacial score (nSPS) is 17.8. The fraction of sp³-hybridized carbons (Fsp3) is 0.600. The van der Waals surface area contributed by atoms with Gasteiger partial charge in [-0.1, -0.05) is 23.7 Å². The van der Waals surface area contributed by atoms with Gasteiger partial charge in [-0.3, -0.25) is 0 Å². The maximum atomic E-state index is 6.14. The highest BCUT2D eigenvalue weighted by molar-refractivity contribution is 6.30. The molecule has 18 heavy (non-hydrogen) atoms. The van der Waals surface area contributed by atoms with E-state index in [0.29, 0.717) is 6.04 Å². The molecule has 0 aromatic heterocycles. The van der Waals surface area contributed by atoms with Crippen LogP contribution in [0.5, 0.6) is 0 Å². The van der Waals surface area contributed by atoms with Crippen molar-refractivity contribution in [2.75, 3.05) is 6.54 Å². The Hall–Kier alpha value is -0.570. The van der Waals surface area contributed by atoms with E-state index in [1.807, 2.05) is 24.3 Å². The van der Waals surface area contributed by atoms with Crippen LogP contribution in [0.25, 0.3) is 0 Å². The molecule has 1 atom stereocenters. The lowest BCUT2D eigenvalue weighted by Crippen LogP contribution is -2.31. The number of hydrogen-bond donors (Lipinski definition) is 1. The van der Waals surface area contributed by atoms with Crippen molar-refractivity contribution in [2.24, 2.45) is 0 Å². The highest BCUT2D eigenvalue weighted by Gasteiger charge is 2.25. The molecule has 2 nitrogen and oxygen atoms in total. The van der Waals surface area contributed by atoms with Crippen molar-refractivity contribution in [3.63, 3.8) is 0 Å². The first-order valence-electron chi connectivity index (χ1n) is 6.61. The molecule has 1 aromatic rings. The molecule has 3 heteroatoms. The summed E-state index contributed by atoms with van der Waals surface area (Å²) in [4.78, 5) is 0. The van der Waals surface area contributed by atoms with Gasteiger partial charge in [0.1, 0.15) is 0 Å². The van der Waals surface area contributed by atoms with E-state index in [2.05, 4.69) is 26.1 Å². The summed E-state index contributed by atoms with van der Waals surface area (Å²) in [5.41, 5.74) is 1.04. The monoisotopic (exact) mass is 267 g/mol. The summed E-state index contributed by atoms with van der Waals surface area (Å²) in [7, 11) is 0. The third-order valence-electron chi connectivity index (χ3n) is 2.91. The minimum Gasteiger partial charge on any atom is -0.367 e. The van der Waals surface area contributed by atoms with E-state index >= 15 is 0 Å². The first kappa shape index (κ1) is 13.9. The number of ether oxygens (including phenoxy) is 1. The summed E-state index contributed by atoms with van der Waals surface area (Å²) in [5.74, 6) is 0. The maximum Gasteiger partial charge on any atom is 0.0956 e. The van der Waals surface area contributed by atoms with Gasteiger partial charge in [0.05, 0.1) is 11.7 Å². The number of hydrogen-bond acceptors (Lipinski definition) is 2. The Labute approximate surface area is 115 Å². The zero-order valence-corrected chi connectivity index (χ0v) is 12.1. The van der Waals surface area contributed by atoms with Gasteiger partial charge in [0.2, 0.25) is 0 Å². The molecule has 1 saturated carbocycles. The van der Waals surface area contributed by atoms with E-state index in [-0.39, 0.29) is 11.7 Å². The second-order valence-corrected chi connectivity index (χ2v) is 6.39. The van der Waals surface area contributed by atoms with Crippen LogP contribution in [0.2, 0.25) is 5.02 Å². The molecule has 0 radical (unpaired) electrons. The molecule has 1 unspecified atom stereocenters. The minimum absolute atomic E-state index is 0.0860. The molecule has 0 bridgehead atoms. The molecule has 0 heterocycles. The summed E-state index contributed by atoms with van der Waals surface area (Å²) in [5, 5.41) is 4.30. The van der Waals surface area contributed by atoms with Crippen LogP contribution in [0.1, 0.15) is 45.3 Å². The molecule has 1 aliphatic carbocycles. The fourth-order valence-electron chi connectivity index (χ4n) is 1.89. The first-order chi connectivity index (χ1) is 8.44. The fourth-order valence-corrected chi connectivity index (χ4v) is 2.02. The predicted octanol–water partition coefficient (Wildman–Crippen LogP) is 3.95. The van der Waals surface area contributed by atoms with Gasteiger partial charge in [-0.25, -0.2) is 0 Å². The zero-order valence-electron chi connectivity index (χ0n) is 11.4. The van der Waals surface area contributed by atoms with E-state index in [4.69, 9.17) is 16.3 Å². The van der Waals surface area contributed by atoms with Crippen LogP contribution >= 0.6 is 11.6 Å². The molecule has 1 fully saturated rings. The second kappa shape index (κ2) is 5.60. The van der Waals surface area contributed by atoms with Crippen LogP contribution < -0.4 is 5.32 Å². The Morgan fingerprint density at radius 2 is 1.89 bits per heavy atom. The molecular formula is C15H22ClNO. The zero-order chi connectivity index (χ0) is 13.2. The maximum absolute atomic E-state index is 6.14. The van der Waals surface area contributed by atoms with Crippen molar-refractivity contribution in [3.05, 3.63) is 34.9 Å². The summed E-state index contributed by atoms with van der Waals surface area (Å²) < 4.78 is 6.14. The number of rotatable bonds is 5. The average molecular weight is 268 g/mol. The highest BCUT2D eigenvalue weighted by atomic mass is 35.5. The smallest absolute Gasteiger partial charge is 0.0956 e. The van der Waals surface area contributed by atoms with Crippen molar-refractivity contribution in [3.8, 4) is 0 Å². The van der Waals surface area contributed by atoms with Gasteiger partial charge in [-0.15, -0.1) is 0 Å². The van der Waals surface area contributed by atoms with Crippen molar-refractivity contribution < 1.29 is 4.74 Å². The first-order valence-corrected chi connectivity index (χ1v) is 6.98. The molecule has 0 amide bonds. The van der Waals surface area contributed by atoms with Crippen LogP contribution in [0.3, 0.4) is 0 Å². The van der Waals surface area contributed by atoms with E-state index in [1.54, 1.807) is 0 Å². The Morgan fingerprint density at radius 1 is 1.28 bits per heavy atom. The summed E-state index contributed by atoms with van der Waals surface area (Å²) in [6, 6.07) is 8.64. The van der Waals surface area contributed by atoms with Crippen LogP contribution in [-0.4, -0.2) is 18.2 Å². The summed E-state index contributed by atoms with van der Waals surface area (Å²) >= 11 is 5.93. The quantitative estimate of drug-likeness (QED) is 0.872. The minimum atomic E-state index is -0.143. The van der Waals surface area contributed by atoms with Gasteiger partial charge in [0.25, 0.3) is 0 Å². The van der Waals surface area contributed by atoms with E-state index in [9.17, 15) is 0 Å². The van der Waals surface area contributed by atoms with Gasteiger partial charge in [-0.2, -0.15) is 0 Å². The van der Waals surface area contributed by atoms with Crippen LogP contribution in [0, 0.1) is 0 Å². The Kier molecular flexibility index (Phi) is 4.31. The SMILES string of the molecule is CC(C)(C)OC(CNC1CC1)c1ccc(Cl)cc1. The molecule has 1 aromatic carbocycles. The average Bonchev–Trinajstić information content (AvgIpc) is 3.07. The molecule has 100 valence electrons. The van der Waals surface area contributed by atoms with E-state index in [0.717, 1.165) is 11.6 Å². The third-order valence-corrected chi connectivity index (χ3v) is 3.16. The molecule has 1 aliphatic rings. The highest BCUT2D eigenvalue weighted by Crippen LogP contribution is 2.26. The van der Waals surface area contributed by atoms with Gasteiger partial charge >= 0.3 is 0 Å². The lowest BCUT2D eigenvalue weighted by molar-refractivity contribution is -0.0607. The standard InChI is InChI=1S/C15H22ClNO/c1-15(2,3)18-14(10-17-13-8-9-13)11-4-6-12(16)7-5-11/h4-7,13-14,17H,8-10H2,1-3H3. The molecule has 0 spiro atoms. The topological polar surface area (TPSA) is 21.3 Å². The van der Waals surface area contributed by atoms with Gasteiger partial charge in [0, 0.05) is 17.6 Å². The van der Waals surface area contributed by atoms with Crippen molar-refractivity contribution in [1.82, 2.24) is 5.32 Å². The van der Waals surface area contributed by atoms with Gasteiger partial charge in [-0.05, 0) is 51.3 Å². The summed E-state index contributed by atoms with van der Waals surface area (Å²) in [6.45, 7) is 7.14. The number of benzene rings is 1. The lowest BCUT2D eigenvalue weighted by Gasteiger charge is -2.28. The second-order valence-electron chi connectivity index (χ2n) is 5.95. The van der Waals surface area contributed by atoms with Gasteiger partial charge in [0.15, 0.2) is 0 Å². The number of nitrogens with one attached hydrogen (secondary N) is 1. The van der Waals surface area contributed by atoms with E-state index in [1.165, 1.54) is 18.4 Å². The molecule has 0 aliphatic heterocycles. The van der Waals surface area contributed by atoms with Crippen LogP contribution in [0.15, 0.2) is 24.3 Å². The summed E-state index contributed by atoms with van der Waals surface area (Å²) in [6.07, 6.45) is 2.67. The van der Waals surface area contributed by atoms with Gasteiger partial charge < -0.3 is 10.1 Å². The molecule has 1 N–H and O–H groups in total. The molecular weight excluding hydrogens is 246 g/mol. The third kappa shape index (κ3) is 4.60. The Bertz CT molecular complexity index is 378. The molecule has 2 rings (SSSR count). The number of halogens is 1. The Morgan fingerprint density at radius 3 is 2.39 bits per heavy atom. The predicted molar refractivity (Wildman–Crippen MR) is 76.1 cm³/mol. The Balaban J connectivity index is 2.03. The van der Waals surface area contributed by atoms with Crippen molar-refractivity contribution in [1.29, 1.82) is 0 Å². The molecule has 0 saturated heterocycles. The van der Waals surface area contributed by atoms with Crippen molar-refractivity contribution in [2.45, 2.75) is 51.4 Å². The van der Waals surface area contributed by atoms with E-state index < -0.39 is 0 Å².